The lowest BCUT2D eigenvalue weighted by molar-refractivity contribution is -0.113. The van der Waals surface area contributed by atoms with Gasteiger partial charge in [0.25, 0.3) is 0 Å². The molecule has 0 spiro atoms. The van der Waals surface area contributed by atoms with Crippen LogP contribution in [0.4, 0.5) is 5.69 Å². The lowest BCUT2D eigenvalue weighted by Crippen LogP contribution is -2.15. The number of anilines is 1. The standard InChI is InChI=1S/C18H17N5O3S/c1-2-26-17(25)13-7-6-8-14(11-13)19-16(24)12-27-18-20-21-22-23(18)15-9-4-3-5-10-15/h3-11H,2,12H2,1H3,(H,19,24). The number of ether oxygens (including phenoxy) is 1. The van der Waals surface area contributed by atoms with Crippen LogP contribution in [-0.4, -0.2) is 44.4 Å². The molecule has 0 saturated heterocycles. The Labute approximate surface area is 159 Å². The van der Waals surface area contributed by atoms with Crippen molar-refractivity contribution in [1.82, 2.24) is 20.2 Å². The van der Waals surface area contributed by atoms with Gasteiger partial charge >= 0.3 is 5.97 Å². The Kier molecular flexibility index (Phi) is 6.16. The summed E-state index contributed by atoms with van der Waals surface area (Å²) >= 11 is 1.22. The van der Waals surface area contributed by atoms with Crippen molar-refractivity contribution in [3.05, 3.63) is 60.2 Å². The van der Waals surface area contributed by atoms with Crippen LogP contribution in [0, 0.1) is 0 Å². The fraction of sp³-hybridized carbons (Fsp3) is 0.167. The molecule has 1 amide bonds. The van der Waals surface area contributed by atoms with E-state index >= 15 is 0 Å². The maximum Gasteiger partial charge on any atom is 0.338 e. The molecule has 3 aromatic rings. The van der Waals surface area contributed by atoms with Gasteiger partial charge in [-0.05, 0) is 47.7 Å². The summed E-state index contributed by atoms with van der Waals surface area (Å²) in [5, 5.41) is 14.8. The van der Waals surface area contributed by atoms with Gasteiger partial charge in [0.15, 0.2) is 0 Å². The first-order valence-electron chi connectivity index (χ1n) is 8.21. The van der Waals surface area contributed by atoms with Crippen LogP contribution in [0.3, 0.4) is 0 Å². The average molecular weight is 383 g/mol. The minimum absolute atomic E-state index is 0.122. The van der Waals surface area contributed by atoms with Gasteiger partial charge < -0.3 is 10.1 Å². The molecule has 0 fully saturated rings. The van der Waals surface area contributed by atoms with Crippen molar-refractivity contribution in [3.8, 4) is 5.69 Å². The summed E-state index contributed by atoms with van der Waals surface area (Å²) in [6.45, 7) is 2.03. The Morgan fingerprint density at radius 2 is 1.96 bits per heavy atom. The number of nitrogens with one attached hydrogen (secondary N) is 1. The summed E-state index contributed by atoms with van der Waals surface area (Å²) in [4.78, 5) is 24.0. The maximum atomic E-state index is 12.2. The van der Waals surface area contributed by atoms with Crippen molar-refractivity contribution in [2.45, 2.75) is 12.1 Å². The average Bonchev–Trinajstić information content (AvgIpc) is 3.16. The van der Waals surface area contributed by atoms with Crippen LogP contribution in [0.1, 0.15) is 17.3 Å². The number of esters is 1. The van der Waals surface area contributed by atoms with Crippen molar-refractivity contribution in [2.75, 3.05) is 17.7 Å². The SMILES string of the molecule is CCOC(=O)c1cccc(NC(=O)CSc2nnnn2-c2ccccc2)c1. The van der Waals surface area contributed by atoms with E-state index in [0.717, 1.165) is 5.69 Å². The lowest BCUT2D eigenvalue weighted by atomic mass is 10.2. The summed E-state index contributed by atoms with van der Waals surface area (Å²) in [5.41, 5.74) is 1.72. The van der Waals surface area contributed by atoms with Gasteiger partial charge in [-0.15, -0.1) is 5.10 Å². The van der Waals surface area contributed by atoms with Gasteiger partial charge in [0, 0.05) is 5.69 Å². The van der Waals surface area contributed by atoms with Gasteiger partial charge in [-0.2, -0.15) is 4.68 Å². The second kappa shape index (κ2) is 8.95. The Morgan fingerprint density at radius 3 is 2.74 bits per heavy atom. The molecule has 0 aliphatic rings. The molecule has 0 radical (unpaired) electrons. The van der Waals surface area contributed by atoms with Crippen LogP contribution < -0.4 is 5.32 Å². The highest BCUT2D eigenvalue weighted by molar-refractivity contribution is 7.99. The fourth-order valence-corrected chi connectivity index (χ4v) is 2.96. The van der Waals surface area contributed by atoms with Gasteiger partial charge in [-0.3, -0.25) is 4.79 Å². The Morgan fingerprint density at radius 1 is 1.15 bits per heavy atom. The number of nitrogens with zero attached hydrogens (tertiary/aromatic N) is 4. The van der Waals surface area contributed by atoms with Crippen LogP contribution in [0.25, 0.3) is 5.69 Å². The largest absolute Gasteiger partial charge is 0.462 e. The molecule has 1 aromatic heterocycles. The molecule has 138 valence electrons. The van der Waals surface area contributed by atoms with Crippen molar-refractivity contribution in [1.29, 1.82) is 0 Å². The van der Waals surface area contributed by atoms with Gasteiger partial charge in [0.05, 0.1) is 23.6 Å². The molecule has 0 aliphatic heterocycles. The number of amides is 1. The quantitative estimate of drug-likeness (QED) is 0.494. The number of tetrazole rings is 1. The third kappa shape index (κ3) is 4.91. The smallest absolute Gasteiger partial charge is 0.338 e. The highest BCUT2D eigenvalue weighted by Gasteiger charge is 2.12. The zero-order chi connectivity index (χ0) is 19.1. The van der Waals surface area contributed by atoms with Crippen molar-refractivity contribution in [2.24, 2.45) is 0 Å². The third-order valence-corrected chi connectivity index (χ3v) is 4.35. The first-order chi connectivity index (χ1) is 13.2. The van der Waals surface area contributed by atoms with E-state index in [1.54, 1.807) is 35.9 Å². The maximum absolute atomic E-state index is 12.2. The van der Waals surface area contributed by atoms with Crippen molar-refractivity contribution in [3.63, 3.8) is 0 Å². The Balaban J connectivity index is 1.61. The Bertz CT molecular complexity index is 930. The van der Waals surface area contributed by atoms with Crippen LogP contribution in [0.5, 0.6) is 0 Å². The monoisotopic (exact) mass is 383 g/mol. The first-order valence-corrected chi connectivity index (χ1v) is 9.19. The number of rotatable bonds is 7. The zero-order valence-electron chi connectivity index (χ0n) is 14.5. The van der Waals surface area contributed by atoms with Gasteiger partial charge in [0.2, 0.25) is 11.1 Å². The molecule has 0 aliphatic carbocycles. The second-order valence-electron chi connectivity index (χ2n) is 5.35. The molecule has 9 heteroatoms. The van der Waals surface area contributed by atoms with E-state index in [2.05, 4.69) is 20.8 Å². The molecule has 0 bridgehead atoms. The number of carbonyl (C=O) groups is 2. The number of hydrogen-bond acceptors (Lipinski definition) is 7. The number of para-hydroxylation sites is 1. The van der Waals surface area contributed by atoms with Crippen LogP contribution in [0.2, 0.25) is 0 Å². The summed E-state index contributed by atoms with van der Waals surface area (Å²) in [6.07, 6.45) is 0. The second-order valence-corrected chi connectivity index (χ2v) is 6.29. The summed E-state index contributed by atoms with van der Waals surface area (Å²) in [7, 11) is 0. The van der Waals surface area contributed by atoms with E-state index in [1.165, 1.54) is 11.8 Å². The summed E-state index contributed by atoms with van der Waals surface area (Å²) < 4.78 is 6.53. The van der Waals surface area contributed by atoms with Crippen molar-refractivity contribution >= 4 is 29.3 Å². The third-order valence-electron chi connectivity index (χ3n) is 3.43. The Hall–Kier alpha value is -3.20. The van der Waals surface area contributed by atoms with Crippen LogP contribution >= 0.6 is 11.8 Å². The van der Waals surface area contributed by atoms with Crippen molar-refractivity contribution < 1.29 is 14.3 Å². The molecular weight excluding hydrogens is 366 g/mol. The number of thioether (sulfide) groups is 1. The van der Waals surface area contributed by atoms with E-state index in [0.29, 0.717) is 23.0 Å². The molecule has 1 N–H and O–H groups in total. The van der Waals surface area contributed by atoms with E-state index in [1.807, 2.05) is 30.3 Å². The molecule has 0 saturated carbocycles. The summed E-state index contributed by atoms with van der Waals surface area (Å²) in [6, 6.07) is 16.0. The number of hydrogen-bond donors (Lipinski definition) is 1. The van der Waals surface area contributed by atoms with E-state index in [-0.39, 0.29) is 11.7 Å². The molecule has 27 heavy (non-hydrogen) atoms. The predicted molar refractivity (Wildman–Crippen MR) is 101 cm³/mol. The molecular formula is C18H17N5O3S. The molecule has 0 unspecified atom stereocenters. The topological polar surface area (TPSA) is 99.0 Å². The normalized spacial score (nSPS) is 10.4. The highest BCUT2D eigenvalue weighted by atomic mass is 32.2. The summed E-state index contributed by atoms with van der Waals surface area (Å²) in [5.74, 6) is -0.537. The van der Waals surface area contributed by atoms with Crippen LogP contribution in [-0.2, 0) is 9.53 Å². The molecule has 3 rings (SSSR count). The van der Waals surface area contributed by atoms with Gasteiger partial charge in [-0.1, -0.05) is 36.0 Å². The van der Waals surface area contributed by atoms with E-state index in [9.17, 15) is 9.59 Å². The first kappa shape index (κ1) is 18.6. The zero-order valence-corrected chi connectivity index (χ0v) is 15.3. The lowest BCUT2D eigenvalue weighted by Gasteiger charge is -2.07. The molecule has 2 aromatic carbocycles. The van der Waals surface area contributed by atoms with Gasteiger partial charge in [-0.25, -0.2) is 4.79 Å². The molecule has 0 atom stereocenters. The van der Waals surface area contributed by atoms with E-state index in [4.69, 9.17) is 4.74 Å². The highest BCUT2D eigenvalue weighted by Crippen LogP contribution is 2.19. The number of carbonyl (C=O) groups excluding carboxylic acids is 2. The van der Waals surface area contributed by atoms with Gasteiger partial charge in [0.1, 0.15) is 0 Å². The minimum Gasteiger partial charge on any atom is -0.462 e. The number of aromatic nitrogens is 4. The predicted octanol–water partition coefficient (Wildman–Crippen LogP) is 2.57. The number of benzene rings is 2. The molecule has 1 heterocycles. The fourth-order valence-electron chi connectivity index (χ4n) is 2.27. The molecule has 8 nitrogen and oxygen atoms in total. The van der Waals surface area contributed by atoms with E-state index < -0.39 is 5.97 Å². The van der Waals surface area contributed by atoms with Crippen LogP contribution in [0.15, 0.2) is 59.8 Å². The minimum atomic E-state index is -0.426.